The Labute approximate surface area is 183 Å². The predicted molar refractivity (Wildman–Crippen MR) is 116 cm³/mol. The number of nitro groups is 1. The molecule has 0 saturated heterocycles. The lowest BCUT2D eigenvalue weighted by atomic mass is 10.1. The van der Waals surface area contributed by atoms with Crippen LogP contribution in [0.25, 0.3) is 0 Å². The van der Waals surface area contributed by atoms with Crippen LogP contribution in [0.2, 0.25) is 0 Å². The number of non-ortho nitro benzene ring substituents is 1. The third-order valence-electron chi connectivity index (χ3n) is 4.45. The van der Waals surface area contributed by atoms with Crippen LogP contribution in [0.3, 0.4) is 0 Å². The number of nitrogens with two attached hydrogens (primary N) is 1. The molecule has 2 heterocycles. The summed E-state index contributed by atoms with van der Waals surface area (Å²) in [5.74, 6) is 0.855. The molecule has 0 atom stereocenters. The topological polar surface area (TPSA) is 126 Å². The Bertz CT molecular complexity index is 1070. The molecule has 2 N–H and O–H groups in total. The predicted octanol–water partition coefficient (Wildman–Crippen LogP) is 4.15. The van der Waals surface area contributed by atoms with E-state index in [9.17, 15) is 14.9 Å². The van der Waals surface area contributed by atoms with Crippen molar-refractivity contribution in [2.24, 2.45) is 5.73 Å². The molecule has 3 rings (SSSR count). The van der Waals surface area contributed by atoms with E-state index in [-0.39, 0.29) is 18.2 Å². The fraction of sp³-hybridized carbons (Fsp3) is 0.286. The number of hydrogen-bond acceptors (Lipinski definition) is 7. The minimum absolute atomic E-state index is 0.0319. The van der Waals surface area contributed by atoms with Crippen molar-refractivity contribution < 1.29 is 14.5 Å². The Morgan fingerprint density at radius 3 is 2.77 bits per heavy atom. The van der Waals surface area contributed by atoms with Gasteiger partial charge in [0.25, 0.3) is 5.69 Å². The van der Waals surface area contributed by atoms with Gasteiger partial charge in [-0.2, -0.15) is 0 Å². The van der Waals surface area contributed by atoms with Gasteiger partial charge < -0.3 is 15.0 Å². The maximum atomic E-state index is 11.2. The summed E-state index contributed by atoms with van der Waals surface area (Å²) >= 11 is 1.42. The molecule has 3 aromatic rings. The van der Waals surface area contributed by atoms with E-state index in [0.29, 0.717) is 13.0 Å². The van der Waals surface area contributed by atoms with Crippen molar-refractivity contribution >= 4 is 23.5 Å². The molecular formula is C21H23N5O4S. The fourth-order valence-electron chi connectivity index (χ4n) is 3.03. The summed E-state index contributed by atoms with van der Waals surface area (Å²) in [4.78, 5) is 31.5. The van der Waals surface area contributed by atoms with Crippen LogP contribution >= 0.6 is 11.8 Å². The number of pyridine rings is 1. The average Bonchev–Trinajstić information content (AvgIpc) is 3.06. The van der Waals surface area contributed by atoms with Crippen LogP contribution in [0.15, 0.2) is 58.7 Å². The Kier molecular flexibility index (Phi) is 7.24. The van der Waals surface area contributed by atoms with Crippen LogP contribution < -0.4 is 5.73 Å². The first-order chi connectivity index (χ1) is 14.8. The molecule has 0 aliphatic carbocycles. The number of rotatable bonds is 9. The largest absolute Gasteiger partial charge is 0.449 e. The summed E-state index contributed by atoms with van der Waals surface area (Å²) in [5, 5.41) is 12.1. The van der Waals surface area contributed by atoms with Gasteiger partial charge in [0.05, 0.1) is 17.2 Å². The Morgan fingerprint density at radius 2 is 2.13 bits per heavy atom. The molecule has 0 bridgehead atoms. The van der Waals surface area contributed by atoms with E-state index in [0.717, 1.165) is 27.0 Å². The monoisotopic (exact) mass is 441 g/mol. The molecule has 31 heavy (non-hydrogen) atoms. The standard InChI is InChI=1S/C21H23N5O4S/c1-14(2)19-20(31-17-7-3-6-16(11-17)26(28)29)25(13-15-5-4-9-23-12-15)18(24-19)8-10-30-21(22)27/h3-7,9,11-12,14H,8,10,13H2,1-2H3,(H2,22,27). The molecule has 0 aliphatic heterocycles. The summed E-state index contributed by atoms with van der Waals surface area (Å²) in [6, 6.07) is 10.3. The molecule has 10 heteroatoms. The molecule has 1 aromatic carbocycles. The molecule has 0 saturated carbocycles. The lowest BCUT2D eigenvalue weighted by Gasteiger charge is -2.13. The number of nitro benzene ring substituents is 1. The maximum Gasteiger partial charge on any atom is 0.404 e. The Hall–Kier alpha value is -3.40. The van der Waals surface area contributed by atoms with Gasteiger partial charge >= 0.3 is 6.09 Å². The smallest absolute Gasteiger partial charge is 0.404 e. The second-order valence-corrected chi connectivity index (χ2v) is 8.16. The highest BCUT2D eigenvalue weighted by atomic mass is 32.2. The number of ether oxygens (including phenoxy) is 1. The second kappa shape index (κ2) is 10.1. The van der Waals surface area contributed by atoms with Crippen LogP contribution in [0.1, 0.15) is 36.8 Å². The minimum atomic E-state index is -0.833. The molecule has 162 valence electrons. The molecule has 0 radical (unpaired) electrons. The van der Waals surface area contributed by atoms with Gasteiger partial charge in [0.1, 0.15) is 17.5 Å². The summed E-state index contributed by atoms with van der Waals surface area (Å²) in [5.41, 5.74) is 6.97. The van der Waals surface area contributed by atoms with E-state index < -0.39 is 11.0 Å². The van der Waals surface area contributed by atoms with Crippen molar-refractivity contribution in [3.63, 3.8) is 0 Å². The lowest BCUT2D eigenvalue weighted by molar-refractivity contribution is -0.385. The Morgan fingerprint density at radius 1 is 1.32 bits per heavy atom. The quantitative estimate of drug-likeness (QED) is 0.390. The van der Waals surface area contributed by atoms with Gasteiger partial charge in [-0.25, -0.2) is 9.78 Å². The number of primary amides is 1. The van der Waals surface area contributed by atoms with Crippen LogP contribution in [0, 0.1) is 10.1 Å². The first-order valence-corrected chi connectivity index (χ1v) is 10.5. The molecular weight excluding hydrogens is 418 g/mol. The van der Waals surface area contributed by atoms with Crippen molar-refractivity contribution in [1.29, 1.82) is 0 Å². The minimum Gasteiger partial charge on any atom is -0.449 e. The molecule has 0 spiro atoms. The first kappa shape index (κ1) is 22.3. The van der Waals surface area contributed by atoms with E-state index >= 15 is 0 Å². The summed E-state index contributed by atoms with van der Waals surface area (Å²) in [6.45, 7) is 4.70. The normalized spacial score (nSPS) is 10.9. The molecule has 0 fully saturated rings. The highest BCUT2D eigenvalue weighted by Crippen LogP contribution is 2.36. The highest BCUT2D eigenvalue weighted by Gasteiger charge is 2.21. The SMILES string of the molecule is CC(C)c1nc(CCOC(N)=O)n(Cc2cccnc2)c1Sc1cccc([N+](=O)[O-])c1. The zero-order chi connectivity index (χ0) is 22.4. The number of aromatic nitrogens is 3. The van der Waals surface area contributed by atoms with Crippen molar-refractivity contribution in [2.45, 2.75) is 42.7 Å². The molecule has 0 aliphatic rings. The lowest BCUT2D eigenvalue weighted by Crippen LogP contribution is -2.16. The van der Waals surface area contributed by atoms with Gasteiger partial charge in [0.2, 0.25) is 0 Å². The van der Waals surface area contributed by atoms with Gasteiger partial charge in [-0.05, 0) is 23.6 Å². The van der Waals surface area contributed by atoms with Crippen LogP contribution in [0.4, 0.5) is 10.5 Å². The number of nitrogens with zero attached hydrogens (tertiary/aromatic N) is 4. The van der Waals surface area contributed by atoms with E-state index in [1.165, 1.54) is 17.8 Å². The van der Waals surface area contributed by atoms with Crippen molar-refractivity contribution in [3.05, 3.63) is 76.0 Å². The van der Waals surface area contributed by atoms with Gasteiger partial charge in [-0.15, -0.1) is 0 Å². The number of carbonyl (C=O) groups excluding carboxylic acids is 1. The third-order valence-corrected chi connectivity index (χ3v) is 5.56. The third kappa shape index (κ3) is 5.82. The summed E-state index contributed by atoms with van der Waals surface area (Å²) in [6.07, 6.45) is 3.04. The van der Waals surface area contributed by atoms with E-state index in [1.54, 1.807) is 24.5 Å². The van der Waals surface area contributed by atoms with Crippen LogP contribution in [0.5, 0.6) is 0 Å². The number of benzene rings is 1. The molecule has 2 aromatic heterocycles. The van der Waals surface area contributed by atoms with Crippen LogP contribution in [-0.2, 0) is 17.7 Å². The maximum absolute atomic E-state index is 11.2. The van der Waals surface area contributed by atoms with Gasteiger partial charge in [-0.3, -0.25) is 15.1 Å². The van der Waals surface area contributed by atoms with Crippen LogP contribution in [-0.4, -0.2) is 32.2 Å². The van der Waals surface area contributed by atoms with Crippen molar-refractivity contribution in [2.75, 3.05) is 6.61 Å². The number of carbonyl (C=O) groups is 1. The van der Waals surface area contributed by atoms with Crippen molar-refractivity contribution in [3.8, 4) is 0 Å². The zero-order valence-corrected chi connectivity index (χ0v) is 18.0. The molecule has 0 unspecified atom stereocenters. The van der Waals surface area contributed by atoms with E-state index in [1.807, 2.05) is 36.6 Å². The first-order valence-electron chi connectivity index (χ1n) is 9.68. The van der Waals surface area contributed by atoms with Crippen molar-refractivity contribution in [1.82, 2.24) is 14.5 Å². The average molecular weight is 442 g/mol. The second-order valence-electron chi connectivity index (χ2n) is 7.09. The Balaban J connectivity index is 2.03. The molecule has 9 nitrogen and oxygen atoms in total. The summed E-state index contributed by atoms with van der Waals surface area (Å²) in [7, 11) is 0. The van der Waals surface area contributed by atoms with E-state index in [2.05, 4.69) is 4.98 Å². The van der Waals surface area contributed by atoms with Gasteiger partial charge in [0, 0.05) is 35.8 Å². The van der Waals surface area contributed by atoms with Gasteiger partial charge in [0.15, 0.2) is 0 Å². The molecule has 1 amide bonds. The van der Waals surface area contributed by atoms with Gasteiger partial charge in [-0.1, -0.05) is 37.7 Å². The summed E-state index contributed by atoms with van der Waals surface area (Å²) < 4.78 is 6.95. The fourth-order valence-corrected chi connectivity index (χ4v) is 4.24. The zero-order valence-electron chi connectivity index (χ0n) is 17.2. The number of imidazole rings is 1. The number of amides is 1. The van der Waals surface area contributed by atoms with E-state index in [4.69, 9.17) is 15.5 Å². The highest BCUT2D eigenvalue weighted by molar-refractivity contribution is 7.99. The number of hydrogen-bond donors (Lipinski definition) is 1.